The molecule has 1 unspecified atom stereocenters. The first-order valence-corrected chi connectivity index (χ1v) is 7.99. The maximum atomic E-state index is 12.3. The van der Waals surface area contributed by atoms with Gasteiger partial charge in [0.1, 0.15) is 17.7 Å². The van der Waals surface area contributed by atoms with Gasteiger partial charge >= 0.3 is 5.63 Å². The van der Waals surface area contributed by atoms with Crippen LogP contribution in [0, 0.1) is 6.92 Å². The van der Waals surface area contributed by atoms with Crippen LogP contribution in [0.5, 0.6) is 0 Å². The van der Waals surface area contributed by atoms with E-state index in [4.69, 9.17) is 4.42 Å². The van der Waals surface area contributed by atoms with Crippen molar-refractivity contribution in [1.29, 1.82) is 0 Å². The van der Waals surface area contributed by atoms with Crippen molar-refractivity contribution in [1.82, 2.24) is 30.8 Å². The zero-order valence-corrected chi connectivity index (χ0v) is 13.5. The molecule has 0 bridgehead atoms. The van der Waals surface area contributed by atoms with Crippen molar-refractivity contribution in [2.45, 2.75) is 32.2 Å². The summed E-state index contributed by atoms with van der Waals surface area (Å²) in [4.78, 5) is 24.5. The molecule has 0 radical (unpaired) electrons. The van der Waals surface area contributed by atoms with Gasteiger partial charge in [0, 0.05) is 19.0 Å². The number of hydrogen-bond acceptors (Lipinski definition) is 7. The second kappa shape index (κ2) is 7.35. The minimum atomic E-state index is -0.588. The van der Waals surface area contributed by atoms with Crippen molar-refractivity contribution in [3.63, 3.8) is 0 Å². The summed E-state index contributed by atoms with van der Waals surface area (Å²) in [5, 5.41) is 16.7. The van der Waals surface area contributed by atoms with Crippen molar-refractivity contribution in [2.75, 3.05) is 19.6 Å². The molecule has 0 aromatic carbocycles. The van der Waals surface area contributed by atoms with E-state index < -0.39 is 11.5 Å². The highest BCUT2D eigenvalue weighted by molar-refractivity contribution is 5.95. The van der Waals surface area contributed by atoms with Gasteiger partial charge in [-0.05, 0) is 48.4 Å². The maximum absolute atomic E-state index is 12.3. The first-order valence-electron chi connectivity index (χ1n) is 7.99. The Hall–Kier alpha value is -2.55. The molecule has 1 fully saturated rings. The number of tetrazole rings is 1. The molecule has 3 heterocycles. The lowest BCUT2D eigenvalue weighted by atomic mass is 9.95. The maximum Gasteiger partial charge on any atom is 0.349 e. The summed E-state index contributed by atoms with van der Waals surface area (Å²) >= 11 is 0. The molecule has 128 valence electrons. The Labute approximate surface area is 138 Å². The van der Waals surface area contributed by atoms with E-state index in [9.17, 15) is 9.59 Å². The third kappa shape index (κ3) is 3.67. The SMILES string of the molecule is Cc1cc(C2CCCNC2)oc(=O)c1C(=O)NCCn1cnnn1. The van der Waals surface area contributed by atoms with Gasteiger partial charge in [0.25, 0.3) is 5.91 Å². The fourth-order valence-electron chi connectivity index (χ4n) is 2.86. The Morgan fingerprint density at radius 2 is 2.42 bits per heavy atom. The molecule has 2 aromatic rings. The summed E-state index contributed by atoms with van der Waals surface area (Å²) in [6.07, 6.45) is 3.48. The van der Waals surface area contributed by atoms with Gasteiger partial charge in [0.15, 0.2) is 0 Å². The lowest BCUT2D eigenvalue weighted by Gasteiger charge is -2.22. The average molecular weight is 332 g/mol. The summed E-state index contributed by atoms with van der Waals surface area (Å²) < 4.78 is 6.90. The van der Waals surface area contributed by atoms with E-state index >= 15 is 0 Å². The van der Waals surface area contributed by atoms with Crippen LogP contribution < -0.4 is 16.3 Å². The van der Waals surface area contributed by atoms with Gasteiger partial charge in [-0.2, -0.15) is 0 Å². The highest BCUT2D eigenvalue weighted by Crippen LogP contribution is 2.23. The number of nitrogens with one attached hydrogen (secondary N) is 2. The van der Waals surface area contributed by atoms with E-state index in [1.807, 2.05) is 0 Å². The van der Waals surface area contributed by atoms with Crippen molar-refractivity contribution in [3.05, 3.63) is 39.7 Å². The number of carbonyl (C=O) groups is 1. The molecule has 0 aliphatic carbocycles. The highest BCUT2D eigenvalue weighted by Gasteiger charge is 2.22. The summed E-state index contributed by atoms with van der Waals surface area (Å²) in [7, 11) is 0. The van der Waals surface area contributed by atoms with E-state index in [1.165, 1.54) is 11.0 Å². The molecule has 0 spiro atoms. The van der Waals surface area contributed by atoms with Crippen LogP contribution in [0.15, 0.2) is 21.6 Å². The average Bonchev–Trinajstić information content (AvgIpc) is 3.08. The second-order valence-corrected chi connectivity index (χ2v) is 5.87. The fourth-order valence-corrected chi connectivity index (χ4v) is 2.86. The molecule has 1 amide bonds. The fraction of sp³-hybridized carbons (Fsp3) is 0.533. The topological polar surface area (TPSA) is 115 Å². The molecule has 2 N–H and O–H groups in total. The zero-order chi connectivity index (χ0) is 16.9. The standard InChI is InChI=1S/C15H20N6O3/c1-10-7-12(11-3-2-4-16-8-11)24-15(23)13(10)14(22)17-5-6-21-9-18-19-20-21/h7,9,11,16H,2-6,8H2,1H3,(H,17,22). The Morgan fingerprint density at radius 3 is 3.08 bits per heavy atom. The lowest BCUT2D eigenvalue weighted by Crippen LogP contribution is -2.33. The van der Waals surface area contributed by atoms with E-state index in [2.05, 4.69) is 26.2 Å². The first kappa shape index (κ1) is 16.3. The summed E-state index contributed by atoms with van der Waals surface area (Å²) in [5.41, 5.74) is 0.0986. The lowest BCUT2D eigenvalue weighted by molar-refractivity contribution is 0.0946. The van der Waals surface area contributed by atoms with Gasteiger partial charge in [0.2, 0.25) is 0 Å². The molecule has 1 atom stereocenters. The molecular formula is C15H20N6O3. The third-order valence-electron chi connectivity index (χ3n) is 4.11. The number of hydrogen-bond donors (Lipinski definition) is 2. The van der Waals surface area contributed by atoms with Crippen molar-refractivity contribution < 1.29 is 9.21 Å². The summed E-state index contributed by atoms with van der Waals surface area (Å²) in [6.45, 7) is 4.28. The van der Waals surface area contributed by atoms with Crippen LogP contribution in [0.2, 0.25) is 0 Å². The van der Waals surface area contributed by atoms with Gasteiger partial charge in [0.05, 0.1) is 6.54 Å². The molecule has 3 rings (SSSR count). The predicted octanol–water partition coefficient (Wildman–Crippen LogP) is -0.168. The third-order valence-corrected chi connectivity index (χ3v) is 4.11. The monoisotopic (exact) mass is 332 g/mol. The number of carbonyl (C=O) groups excluding carboxylic acids is 1. The van der Waals surface area contributed by atoms with Crippen LogP contribution >= 0.6 is 0 Å². The van der Waals surface area contributed by atoms with Crippen LogP contribution in [-0.4, -0.2) is 45.7 Å². The normalized spacial score (nSPS) is 17.6. The van der Waals surface area contributed by atoms with Crippen LogP contribution in [0.1, 0.15) is 40.4 Å². The molecule has 9 nitrogen and oxygen atoms in total. The first-order chi connectivity index (χ1) is 11.6. The van der Waals surface area contributed by atoms with E-state index in [1.54, 1.807) is 13.0 Å². The number of nitrogens with zero attached hydrogens (tertiary/aromatic N) is 4. The van der Waals surface area contributed by atoms with Crippen LogP contribution in [0.4, 0.5) is 0 Å². The minimum Gasteiger partial charge on any atom is -0.427 e. The van der Waals surface area contributed by atoms with Gasteiger partial charge in [-0.1, -0.05) is 0 Å². The quantitative estimate of drug-likeness (QED) is 0.781. The number of amides is 1. The summed E-state index contributed by atoms with van der Waals surface area (Å²) in [5.74, 6) is 0.389. The Balaban J connectivity index is 1.68. The largest absolute Gasteiger partial charge is 0.427 e. The molecule has 2 aromatic heterocycles. The van der Waals surface area contributed by atoms with Crippen molar-refractivity contribution in [3.8, 4) is 0 Å². The molecule has 24 heavy (non-hydrogen) atoms. The summed E-state index contributed by atoms with van der Waals surface area (Å²) in [6, 6.07) is 1.80. The molecule has 0 saturated carbocycles. The number of rotatable bonds is 5. The van der Waals surface area contributed by atoms with Crippen LogP contribution in [-0.2, 0) is 6.54 Å². The predicted molar refractivity (Wildman–Crippen MR) is 84.7 cm³/mol. The molecule has 1 aliphatic heterocycles. The van der Waals surface area contributed by atoms with Crippen molar-refractivity contribution in [2.24, 2.45) is 0 Å². The second-order valence-electron chi connectivity index (χ2n) is 5.87. The molecule has 1 saturated heterocycles. The zero-order valence-electron chi connectivity index (χ0n) is 13.5. The van der Waals surface area contributed by atoms with Crippen molar-refractivity contribution >= 4 is 5.91 Å². The van der Waals surface area contributed by atoms with E-state index in [0.717, 1.165) is 25.9 Å². The Kier molecular flexibility index (Phi) is 4.99. The molecule has 1 aliphatic rings. The van der Waals surface area contributed by atoms with Crippen LogP contribution in [0.25, 0.3) is 0 Å². The Bertz CT molecular complexity index is 749. The van der Waals surface area contributed by atoms with Gasteiger partial charge in [-0.3, -0.25) is 4.79 Å². The van der Waals surface area contributed by atoms with Gasteiger partial charge < -0.3 is 15.1 Å². The van der Waals surface area contributed by atoms with Gasteiger partial charge in [-0.15, -0.1) is 5.10 Å². The highest BCUT2D eigenvalue weighted by atomic mass is 16.4. The van der Waals surface area contributed by atoms with E-state index in [-0.39, 0.29) is 11.5 Å². The van der Waals surface area contributed by atoms with E-state index in [0.29, 0.717) is 24.4 Å². The smallest absolute Gasteiger partial charge is 0.349 e. The number of aryl methyl sites for hydroxylation is 1. The van der Waals surface area contributed by atoms with Crippen LogP contribution in [0.3, 0.4) is 0 Å². The molecule has 9 heteroatoms. The number of piperidine rings is 1. The Morgan fingerprint density at radius 1 is 1.54 bits per heavy atom. The molecular weight excluding hydrogens is 312 g/mol. The van der Waals surface area contributed by atoms with Gasteiger partial charge in [-0.25, -0.2) is 9.48 Å². The number of aromatic nitrogens is 4. The minimum absolute atomic E-state index is 0.0548.